The van der Waals surface area contributed by atoms with E-state index in [4.69, 9.17) is 0 Å². The summed E-state index contributed by atoms with van der Waals surface area (Å²) in [4.78, 5) is 26.6. The molecule has 5 heteroatoms. The Morgan fingerprint density at radius 2 is 1.89 bits per heavy atom. The van der Waals surface area contributed by atoms with Gasteiger partial charge in [-0.15, -0.1) is 0 Å². The number of thioether (sulfide) groups is 1. The van der Waals surface area contributed by atoms with Gasteiger partial charge in [0, 0.05) is 12.3 Å². The highest BCUT2D eigenvalue weighted by atomic mass is 32.2. The Morgan fingerprint density at radius 3 is 2.44 bits per heavy atom. The summed E-state index contributed by atoms with van der Waals surface area (Å²) >= 11 is 1.73. The van der Waals surface area contributed by atoms with Crippen LogP contribution in [0.15, 0.2) is 0 Å². The number of nitrogens with zero attached hydrogens (tertiary/aromatic N) is 1. The van der Waals surface area contributed by atoms with Crippen LogP contribution < -0.4 is 5.32 Å². The lowest BCUT2D eigenvalue weighted by molar-refractivity contribution is -0.150. The summed E-state index contributed by atoms with van der Waals surface area (Å²) in [6.07, 6.45) is 6.39. The van der Waals surface area contributed by atoms with Crippen LogP contribution in [0.1, 0.15) is 25.7 Å². The van der Waals surface area contributed by atoms with E-state index in [2.05, 4.69) is 5.32 Å². The van der Waals surface area contributed by atoms with Crippen molar-refractivity contribution in [3.8, 4) is 0 Å². The Labute approximate surface area is 112 Å². The fraction of sp³-hybridized carbons (Fsp3) is 0.846. The molecule has 0 aromatic heterocycles. The van der Waals surface area contributed by atoms with Crippen molar-refractivity contribution in [2.45, 2.75) is 37.8 Å². The first kappa shape index (κ1) is 12.3. The van der Waals surface area contributed by atoms with Crippen LogP contribution in [-0.2, 0) is 9.59 Å². The van der Waals surface area contributed by atoms with Gasteiger partial charge in [0.05, 0.1) is 0 Å². The first-order valence-electron chi connectivity index (χ1n) is 6.82. The molecule has 3 fully saturated rings. The molecule has 1 heterocycles. The molecule has 3 rings (SSSR count). The van der Waals surface area contributed by atoms with Crippen LogP contribution in [0.2, 0.25) is 0 Å². The Bertz CT molecular complexity index is 366. The van der Waals surface area contributed by atoms with Crippen LogP contribution in [0.5, 0.6) is 0 Å². The second-order valence-electron chi connectivity index (χ2n) is 5.63. The molecule has 1 saturated heterocycles. The van der Waals surface area contributed by atoms with Crippen molar-refractivity contribution in [1.82, 2.24) is 10.2 Å². The Morgan fingerprint density at radius 1 is 1.22 bits per heavy atom. The van der Waals surface area contributed by atoms with E-state index in [1.165, 1.54) is 0 Å². The van der Waals surface area contributed by atoms with E-state index in [0.717, 1.165) is 38.0 Å². The highest BCUT2D eigenvalue weighted by Crippen LogP contribution is 2.40. The fourth-order valence-corrected chi connectivity index (χ4v) is 3.21. The highest BCUT2D eigenvalue weighted by Gasteiger charge is 2.50. The van der Waals surface area contributed by atoms with Gasteiger partial charge in [-0.2, -0.15) is 11.8 Å². The van der Waals surface area contributed by atoms with Gasteiger partial charge in [-0.1, -0.05) is 0 Å². The van der Waals surface area contributed by atoms with Gasteiger partial charge in [-0.25, -0.2) is 0 Å². The number of rotatable bonds is 5. The fourth-order valence-electron chi connectivity index (χ4n) is 2.83. The molecule has 2 atom stereocenters. The number of piperazine rings is 1. The molecule has 18 heavy (non-hydrogen) atoms. The number of hydrogen-bond acceptors (Lipinski definition) is 3. The molecule has 1 aliphatic heterocycles. The van der Waals surface area contributed by atoms with Crippen LogP contribution in [0.3, 0.4) is 0 Å². The lowest BCUT2D eigenvalue weighted by Crippen LogP contribution is -2.65. The molecule has 2 amide bonds. The maximum Gasteiger partial charge on any atom is 0.246 e. The molecule has 0 aromatic rings. The van der Waals surface area contributed by atoms with Crippen LogP contribution in [-0.4, -0.2) is 47.4 Å². The summed E-state index contributed by atoms with van der Waals surface area (Å²) in [5.41, 5.74) is 0. The van der Waals surface area contributed by atoms with Gasteiger partial charge in [0.15, 0.2) is 0 Å². The molecular formula is C13H20N2O2S. The maximum absolute atomic E-state index is 12.5. The lowest BCUT2D eigenvalue weighted by Gasteiger charge is -2.39. The number of amides is 2. The number of hydrogen-bond donors (Lipinski definition) is 1. The van der Waals surface area contributed by atoms with Crippen molar-refractivity contribution >= 4 is 23.6 Å². The molecule has 3 aliphatic rings. The number of carbonyl (C=O) groups excluding carboxylic acids is 2. The largest absolute Gasteiger partial charge is 0.342 e. The lowest BCUT2D eigenvalue weighted by atomic mass is 10.0. The first-order chi connectivity index (χ1) is 8.72. The third kappa shape index (κ3) is 2.25. The van der Waals surface area contributed by atoms with Crippen LogP contribution in [0.25, 0.3) is 0 Å². The second kappa shape index (κ2) is 4.76. The average molecular weight is 268 g/mol. The quantitative estimate of drug-likeness (QED) is 0.805. The van der Waals surface area contributed by atoms with Crippen molar-refractivity contribution in [2.24, 2.45) is 11.8 Å². The van der Waals surface area contributed by atoms with Crippen molar-refractivity contribution in [2.75, 3.05) is 18.6 Å². The predicted molar refractivity (Wildman–Crippen MR) is 71.3 cm³/mol. The molecule has 0 spiro atoms. The third-order valence-corrected chi connectivity index (χ3v) is 4.74. The molecule has 2 aliphatic carbocycles. The van der Waals surface area contributed by atoms with Crippen LogP contribution >= 0.6 is 11.8 Å². The van der Waals surface area contributed by atoms with Gasteiger partial charge in [0.2, 0.25) is 11.8 Å². The van der Waals surface area contributed by atoms with Gasteiger partial charge in [0.25, 0.3) is 0 Å². The first-order valence-corrected chi connectivity index (χ1v) is 8.21. The minimum Gasteiger partial charge on any atom is -0.342 e. The van der Waals surface area contributed by atoms with Gasteiger partial charge in [-0.05, 0) is 43.8 Å². The van der Waals surface area contributed by atoms with Gasteiger partial charge in [-0.3, -0.25) is 9.59 Å². The maximum atomic E-state index is 12.5. The Kier molecular flexibility index (Phi) is 3.26. The van der Waals surface area contributed by atoms with Crippen molar-refractivity contribution < 1.29 is 9.59 Å². The van der Waals surface area contributed by atoms with E-state index in [9.17, 15) is 9.59 Å². The van der Waals surface area contributed by atoms with E-state index in [-0.39, 0.29) is 23.9 Å². The summed E-state index contributed by atoms with van der Waals surface area (Å²) < 4.78 is 0. The minimum absolute atomic E-state index is 0.0927. The Balaban J connectivity index is 1.76. The van der Waals surface area contributed by atoms with E-state index in [1.54, 1.807) is 11.8 Å². The van der Waals surface area contributed by atoms with Crippen molar-refractivity contribution in [3.63, 3.8) is 0 Å². The molecule has 2 unspecified atom stereocenters. The van der Waals surface area contributed by atoms with E-state index >= 15 is 0 Å². The molecule has 0 aromatic carbocycles. The monoisotopic (exact) mass is 268 g/mol. The minimum atomic E-state index is -0.227. The molecule has 2 saturated carbocycles. The summed E-state index contributed by atoms with van der Waals surface area (Å²) in [5, 5.41) is 2.97. The normalized spacial score (nSPS) is 32.6. The van der Waals surface area contributed by atoms with E-state index in [1.807, 2.05) is 11.2 Å². The summed E-state index contributed by atoms with van der Waals surface area (Å²) in [6.45, 7) is 0.720. The number of nitrogens with one attached hydrogen (secondary N) is 1. The zero-order chi connectivity index (χ0) is 12.7. The summed E-state index contributed by atoms with van der Waals surface area (Å²) in [5.74, 6) is 1.99. The van der Waals surface area contributed by atoms with Crippen LogP contribution in [0, 0.1) is 11.8 Å². The van der Waals surface area contributed by atoms with Crippen molar-refractivity contribution in [3.05, 3.63) is 0 Å². The van der Waals surface area contributed by atoms with E-state index in [0.29, 0.717) is 11.8 Å². The standard InChI is InChI=1S/C13H20N2O2S/c1-18-7-6-15-11(9-4-5-9)12(16)14-10(13(15)17)8-2-3-8/h8-11H,2-7H2,1H3,(H,14,16). The topological polar surface area (TPSA) is 49.4 Å². The zero-order valence-corrected chi connectivity index (χ0v) is 11.5. The summed E-state index contributed by atoms with van der Waals surface area (Å²) in [7, 11) is 0. The SMILES string of the molecule is CSCCN1C(=O)C(C2CC2)NC(=O)C1C1CC1. The van der Waals surface area contributed by atoms with Crippen molar-refractivity contribution in [1.29, 1.82) is 0 Å². The highest BCUT2D eigenvalue weighted by molar-refractivity contribution is 7.98. The predicted octanol–water partition coefficient (Wildman–Crippen LogP) is 0.865. The third-order valence-electron chi connectivity index (χ3n) is 4.15. The second-order valence-corrected chi connectivity index (χ2v) is 6.62. The molecule has 4 nitrogen and oxygen atoms in total. The summed E-state index contributed by atoms with van der Waals surface area (Å²) in [6, 6.07) is -0.408. The molecule has 100 valence electrons. The molecule has 1 N–H and O–H groups in total. The molecular weight excluding hydrogens is 248 g/mol. The van der Waals surface area contributed by atoms with Gasteiger partial charge >= 0.3 is 0 Å². The zero-order valence-electron chi connectivity index (χ0n) is 10.7. The molecule has 0 radical (unpaired) electrons. The van der Waals surface area contributed by atoms with Gasteiger partial charge in [0.1, 0.15) is 12.1 Å². The van der Waals surface area contributed by atoms with E-state index < -0.39 is 0 Å². The van der Waals surface area contributed by atoms with Gasteiger partial charge < -0.3 is 10.2 Å². The smallest absolute Gasteiger partial charge is 0.246 e. The Hall–Kier alpha value is -0.710. The average Bonchev–Trinajstić information content (AvgIpc) is 3.21. The number of carbonyl (C=O) groups is 2. The molecule has 0 bridgehead atoms. The van der Waals surface area contributed by atoms with Crippen LogP contribution in [0.4, 0.5) is 0 Å².